The van der Waals surface area contributed by atoms with E-state index in [1.807, 2.05) is 0 Å². The molecule has 128 valence electrons. The molecule has 0 saturated heterocycles. The van der Waals surface area contributed by atoms with Gasteiger partial charge in [0.05, 0.1) is 17.3 Å². The average Bonchev–Trinajstić information content (AvgIpc) is 3.17. The van der Waals surface area contributed by atoms with Gasteiger partial charge in [0.2, 0.25) is 0 Å². The number of carbonyl (C=O) groups is 1. The fourth-order valence-electron chi connectivity index (χ4n) is 2.31. The molecule has 26 heavy (non-hydrogen) atoms. The number of nitrogens with zero attached hydrogens (tertiary/aromatic N) is 2. The lowest BCUT2D eigenvalue weighted by Gasteiger charge is -2.10. The normalized spacial score (nSPS) is 10.2. The van der Waals surface area contributed by atoms with Gasteiger partial charge in [-0.2, -0.15) is 5.26 Å². The Hall–Kier alpha value is -3.99. The zero-order valence-corrected chi connectivity index (χ0v) is 13.3. The molecule has 0 saturated carbocycles. The van der Waals surface area contributed by atoms with Crippen LogP contribution in [0.3, 0.4) is 0 Å². The third-order valence-electron chi connectivity index (χ3n) is 3.62. The largest absolute Gasteiger partial charge is 0.442 e. The molecule has 2 aromatic carbocycles. The van der Waals surface area contributed by atoms with E-state index in [-0.39, 0.29) is 22.6 Å². The molecule has 0 aliphatic rings. The summed E-state index contributed by atoms with van der Waals surface area (Å²) in [4.78, 5) is 16.1. The number of rotatable bonds is 4. The van der Waals surface area contributed by atoms with Crippen molar-refractivity contribution in [2.45, 2.75) is 0 Å². The van der Waals surface area contributed by atoms with E-state index in [0.717, 1.165) is 0 Å². The van der Waals surface area contributed by atoms with Crippen molar-refractivity contribution in [3.05, 3.63) is 77.3 Å². The zero-order valence-electron chi connectivity index (χ0n) is 13.3. The minimum Gasteiger partial charge on any atom is -0.442 e. The maximum absolute atomic E-state index is 14.1. The van der Waals surface area contributed by atoms with Crippen molar-refractivity contribution in [2.75, 3.05) is 11.1 Å². The molecule has 0 fully saturated rings. The molecular formula is C18H12FN5O2. The Bertz CT molecular complexity index is 1040. The van der Waals surface area contributed by atoms with Crippen LogP contribution in [0.2, 0.25) is 0 Å². The van der Waals surface area contributed by atoms with Gasteiger partial charge < -0.3 is 15.5 Å². The number of hydrogen-bond donors (Lipinski definition) is 3. The molecule has 0 radical (unpaired) electrons. The molecule has 3 rings (SSSR count). The first-order chi connectivity index (χ1) is 12.5. The van der Waals surface area contributed by atoms with E-state index in [2.05, 4.69) is 10.3 Å². The molecule has 1 aromatic heterocycles. The van der Waals surface area contributed by atoms with Crippen molar-refractivity contribution in [1.82, 2.24) is 4.98 Å². The highest BCUT2D eigenvalue weighted by Gasteiger charge is 2.17. The molecule has 0 bridgehead atoms. The predicted molar refractivity (Wildman–Crippen MR) is 92.4 cm³/mol. The van der Waals surface area contributed by atoms with Crippen molar-refractivity contribution in [3.63, 3.8) is 0 Å². The number of benzene rings is 2. The number of nitrogens with one attached hydrogen (secondary N) is 2. The number of hydrogen-bond acceptors (Lipinski definition) is 6. The lowest BCUT2D eigenvalue weighted by molar-refractivity contribution is 0.102. The van der Waals surface area contributed by atoms with Gasteiger partial charge in [-0.25, -0.2) is 9.37 Å². The Morgan fingerprint density at radius 1 is 1.31 bits per heavy atom. The highest BCUT2D eigenvalue weighted by Crippen LogP contribution is 2.22. The summed E-state index contributed by atoms with van der Waals surface area (Å²) in [5.41, 5.74) is 6.35. The Kier molecular flexibility index (Phi) is 4.45. The first-order valence-electron chi connectivity index (χ1n) is 7.38. The monoisotopic (exact) mass is 349 g/mol. The van der Waals surface area contributed by atoms with Crippen molar-refractivity contribution in [3.8, 4) is 6.07 Å². The van der Waals surface area contributed by atoms with Gasteiger partial charge >= 0.3 is 0 Å². The summed E-state index contributed by atoms with van der Waals surface area (Å²) in [7, 11) is 0. The van der Waals surface area contributed by atoms with Gasteiger partial charge in [-0.3, -0.25) is 10.2 Å². The van der Waals surface area contributed by atoms with E-state index < -0.39 is 11.7 Å². The van der Waals surface area contributed by atoms with Gasteiger partial charge in [0.1, 0.15) is 11.8 Å². The topological polar surface area (TPSA) is 129 Å². The minimum absolute atomic E-state index is 0.00578. The SMILES string of the molecule is N#Cc1cccc(C(=O)Nc2ccc(N)c(C(=N)c3cnco3)c2)c1F. The van der Waals surface area contributed by atoms with Gasteiger partial charge in [-0.15, -0.1) is 0 Å². The summed E-state index contributed by atoms with van der Waals surface area (Å²) >= 11 is 0. The standard InChI is InChI=1S/C18H12FN5O2/c19-16-10(7-20)2-1-3-12(16)18(25)24-11-4-5-14(21)13(6-11)17(22)15-8-23-9-26-15/h1-6,8-9,22H,21H2,(H,24,25). The number of anilines is 2. The first kappa shape index (κ1) is 16.9. The number of halogens is 1. The molecule has 4 N–H and O–H groups in total. The molecule has 3 aromatic rings. The van der Waals surface area contributed by atoms with Crippen molar-refractivity contribution < 1.29 is 13.6 Å². The van der Waals surface area contributed by atoms with E-state index in [1.165, 1.54) is 49.0 Å². The van der Waals surface area contributed by atoms with Crippen molar-refractivity contribution >= 4 is 23.0 Å². The smallest absolute Gasteiger partial charge is 0.258 e. The quantitative estimate of drug-likeness (QED) is 0.492. The summed E-state index contributed by atoms with van der Waals surface area (Å²) in [5, 5.41) is 19.5. The van der Waals surface area contributed by atoms with E-state index >= 15 is 0 Å². The average molecular weight is 349 g/mol. The fourth-order valence-corrected chi connectivity index (χ4v) is 2.31. The molecule has 7 nitrogen and oxygen atoms in total. The number of amides is 1. The number of oxazole rings is 1. The number of nitrogen functional groups attached to an aromatic ring is 1. The summed E-state index contributed by atoms with van der Waals surface area (Å²) in [5.74, 6) is -1.40. The Morgan fingerprint density at radius 3 is 2.81 bits per heavy atom. The summed E-state index contributed by atoms with van der Waals surface area (Å²) in [6.07, 6.45) is 2.56. The van der Waals surface area contributed by atoms with Crippen LogP contribution >= 0.6 is 0 Å². The Morgan fingerprint density at radius 2 is 2.12 bits per heavy atom. The molecule has 8 heteroatoms. The molecule has 1 heterocycles. The highest BCUT2D eigenvalue weighted by molar-refractivity contribution is 6.13. The molecule has 0 aliphatic heterocycles. The summed E-state index contributed by atoms with van der Waals surface area (Å²) in [6.45, 7) is 0. The van der Waals surface area contributed by atoms with E-state index in [9.17, 15) is 9.18 Å². The Labute approximate surface area is 147 Å². The third-order valence-corrected chi connectivity index (χ3v) is 3.62. The summed E-state index contributed by atoms with van der Waals surface area (Å²) < 4.78 is 19.2. The molecule has 0 unspecified atom stereocenters. The van der Waals surface area contributed by atoms with Crippen LogP contribution in [-0.2, 0) is 0 Å². The van der Waals surface area contributed by atoms with E-state index in [1.54, 1.807) is 6.07 Å². The maximum Gasteiger partial charge on any atom is 0.258 e. The van der Waals surface area contributed by atoms with E-state index in [4.69, 9.17) is 20.8 Å². The minimum atomic E-state index is -0.891. The second-order valence-corrected chi connectivity index (χ2v) is 5.28. The van der Waals surface area contributed by atoms with Gasteiger partial charge in [-0.05, 0) is 30.3 Å². The van der Waals surface area contributed by atoms with Crippen LogP contribution in [0.15, 0.2) is 53.4 Å². The second kappa shape index (κ2) is 6.86. The van der Waals surface area contributed by atoms with Crippen molar-refractivity contribution in [1.29, 1.82) is 10.7 Å². The molecule has 1 amide bonds. The number of aromatic nitrogens is 1. The number of nitrogens with two attached hydrogens (primary N) is 1. The first-order valence-corrected chi connectivity index (χ1v) is 7.38. The molecule has 0 aliphatic carbocycles. The van der Waals surface area contributed by atoms with Crippen LogP contribution in [0.5, 0.6) is 0 Å². The van der Waals surface area contributed by atoms with Crippen molar-refractivity contribution in [2.24, 2.45) is 0 Å². The van der Waals surface area contributed by atoms with Crippen LogP contribution in [0.1, 0.15) is 27.2 Å². The van der Waals surface area contributed by atoms with Crippen LogP contribution < -0.4 is 11.1 Å². The summed E-state index contributed by atoms with van der Waals surface area (Å²) in [6, 6.07) is 10.2. The Balaban J connectivity index is 1.90. The van der Waals surface area contributed by atoms with Gasteiger partial charge in [0.15, 0.2) is 18.0 Å². The molecule has 0 spiro atoms. The predicted octanol–water partition coefficient (Wildman–Crippen LogP) is 2.94. The molecule has 0 atom stereocenters. The maximum atomic E-state index is 14.1. The second-order valence-electron chi connectivity index (χ2n) is 5.28. The van der Waals surface area contributed by atoms with Crippen LogP contribution in [0.25, 0.3) is 0 Å². The number of carbonyl (C=O) groups excluding carboxylic acids is 1. The highest BCUT2D eigenvalue weighted by atomic mass is 19.1. The van der Waals surface area contributed by atoms with Gasteiger partial charge in [0, 0.05) is 16.9 Å². The lowest BCUT2D eigenvalue weighted by Crippen LogP contribution is -2.15. The van der Waals surface area contributed by atoms with Crippen LogP contribution in [0.4, 0.5) is 15.8 Å². The molecular weight excluding hydrogens is 337 g/mol. The van der Waals surface area contributed by atoms with Crippen LogP contribution in [0, 0.1) is 22.6 Å². The lowest BCUT2D eigenvalue weighted by atomic mass is 10.0. The third kappa shape index (κ3) is 3.14. The van der Waals surface area contributed by atoms with E-state index in [0.29, 0.717) is 16.9 Å². The zero-order chi connectivity index (χ0) is 18.7. The fraction of sp³-hybridized carbons (Fsp3) is 0. The van der Waals surface area contributed by atoms with Gasteiger partial charge in [0.25, 0.3) is 5.91 Å². The number of nitriles is 1. The van der Waals surface area contributed by atoms with Crippen LogP contribution in [-0.4, -0.2) is 16.6 Å². The van der Waals surface area contributed by atoms with Gasteiger partial charge in [-0.1, -0.05) is 6.07 Å².